The van der Waals surface area contributed by atoms with Crippen LogP contribution in [0.5, 0.6) is 0 Å². The average Bonchev–Trinajstić information content (AvgIpc) is 2.67. The Hall–Kier alpha value is -1.61. The van der Waals surface area contributed by atoms with Gasteiger partial charge in [-0.3, -0.25) is 4.99 Å². The Morgan fingerprint density at radius 2 is 1.74 bits per heavy atom. The highest BCUT2D eigenvalue weighted by atomic mass is 127. The lowest BCUT2D eigenvalue weighted by atomic mass is 10.0. The minimum Gasteiger partial charge on any atom is -0.357 e. The van der Waals surface area contributed by atoms with Crippen molar-refractivity contribution in [2.24, 2.45) is 4.99 Å². The average molecular weight is 499 g/mol. The molecule has 5 nitrogen and oxygen atoms in total. The van der Waals surface area contributed by atoms with Crippen LogP contribution >= 0.6 is 24.0 Å². The van der Waals surface area contributed by atoms with Crippen LogP contribution < -0.4 is 5.32 Å². The number of nitrogens with zero attached hydrogens (tertiary/aromatic N) is 2. The van der Waals surface area contributed by atoms with Gasteiger partial charge in [-0.05, 0) is 36.6 Å². The SMILES string of the molecule is CCNC(=NCCS(=O)(=O)c1ccccc1)N1CCc2ccccc2C1.I. The van der Waals surface area contributed by atoms with E-state index in [0.717, 1.165) is 32.0 Å². The minimum absolute atomic E-state index is 0. The Morgan fingerprint density at radius 3 is 2.44 bits per heavy atom. The molecule has 3 rings (SSSR count). The third-order valence-electron chi connectivity index (χ3n) is 4.49. The molecule has 1 heterocycles. The zero-order valence-corrected chi connectivity index (χ0v) is 18.6. The maximum absolute atomic E-state index is 12.4. The van der Waals surface area contributed by atoms with Gasteiger partial charge in [0.1, 0.15) is 0 Å². The van der Waals surface area contributed by atoms with E-state index in [-0.39, 0.29) is 36.3 Å². The van der Waals surface area contributed by atoms with Gasteiger partial charge >= 0.3 is 0 Å². The number of benzene rings is 2. The van der Waals surface area contributed by atoms with E-state index in [1.165, 1.54) is 11.1 Å². The monoisotopic (exact) mass is 499 g/mol. The summed E-state index contributed by atoms with van der Waals surface area (Å²) in [5.74, 6) is 0.793. The fraction of sp³-hybridized carbons (Fsp3) is 0.350. The Morgan fingerprint density at radius 1 is 1.07 bits per heavy atom. The van der Waals surface area contributed by atoms with Crippen molar-refractivity contribution < 1.29 is 8.42 Å². The maximum atomic E-state index is 12.4. The largest absolute Gasteiger partial charge is 0.357 e. The normalized spacial score (nSPS) is 14.3. The Balaban J connectivity index is 0.00000261. The molecule has 0 unspecified atom stereocenters. The number of rotatable bonds is 5. The van der Waals surface area contributed by atoms with Gasteiger partial charge in [-0.2, -0.15) is 0 Å². The quantitative estimate of drug-likeness (QED) is 0.390. The molecular weight excluding hydrogens is 473 g/mol. The van der Waals surface area contributed by atoms with E-state index >= 15 is 0 Å². The molecule has 7 heteroatoms. The number of hydrogen-bond acceptors (Lipinski definition) is 3. The fourth-order valence-corrected chi connectivity index (χ4v) is 4.26. The Bertz CT molecular complexity index is 870. The number of nitrogens with one attached hydrogen (secondary N) is 1. The van der Waals surface area contributed by atoms with Crippen molar-refractivity contribution >= 4 is 39.8 Å². The van der Waals surface area contributed by atoms with E-state index in [1.807, 2.05) is 13.0 Å². The van der Waals surface area contributed by atoms with Crippen LogP contribution in [-0.2, 0) is 22.8 Å². The summed E-state index contributed by atoms with van der Waals surface area (Å²) in [6, 6.07) is 17.0. The first kappa shape index (κ1) is 21.7. The summed E-state index contributed by atoms with van der Waals surface area (Å²) in [7, 11) is -3.30. The van der Waals surface area contributed by atoms with Crippen LogP contribution in [0.25, 0.3) is 0 Å². The highest BCUT2D eigenvalue weighted by Gasteiger charge is 2.19. The minimum atomic E-state index is -3.30. The molecule has 0 fully saturated rings. The summed E-state index contributed by atoms with van der Waals surface area (Å²) in [5.41, 5.74) is 2.69. The lowest BCUT2D eigenvalue weighted by molar-refractivity contribution is 0.379. The van der Waals surface area contributed by atoms with Gasteiger partial charge in [0, 0.05) is 19.6 Å². The molecule has 2 aromatic rings. The topological polar surface area (TPSA) is 61.8 Å². The van der Waals surface area contributed by atoms with Crippen LogP contribution in [0.1, 0.15) is 18.1 Å². The first-order chi connectivity index (χ1) is 12.6. The molecule has 0 radical (unpaired) electrons. The number of hydrogen-bond donors (Lipinski definition) is 1. The summed E-state index contributed by atoms with van der Waals surface area (Å²) in [6.07, 6.45) is 0.975. The smallest absolute Gasteiger partial charge is 0.194 e. The van der Waals surface area contributed by atoms with Crippen LogP contribution in [0.3, 0.4) is 0 Å². The molecule has 0 spiro atoms. The summed E-state index contributed by atoms with van der Waals surface area (Å²) < 4.78 is 24.8. The fourth-order valence-electron chi connectivity index (χ4n) is 3.12. The number of halogens is 1. The number of sulfone groups is 1. The molecule has 0 atom stereocenters. The second kappa shape index (κ2) is 10.1. The second-order valence-corrected chi connectivity index (χ2v) is 8.42. The standard InChI is InChI=1S/C20H25N3O2S.HI/c1-2-21-20(23-14-12-17-8-6-7-9-18(17)16-23)22-13-15-26(24,25)19-10-4-3-5-11-19;/h3-11H,2,12-16H2,1H3,(H,21,22);1H. The second-order valence-electron chi connectivity index (χ2n) is 6.31. The van der Waals surface area contributed by atoms with Crippen LogP contribution in [0, 0.1) is 0 Å². The molecule has 146 valence electrons. The Labute approximate surface area is 178 Å². The van der Waals surface area contributed by atoms with E-state index in [1.54, 1.807) is 24.3 Å². The van der Waals surface area contributed by atoms with E-state index < -0.39 is 9.84 Å². The molecule has 0 saturated heterocycles. The van der Waals surface area contributed by atoms with Gasteiger partial charge in [-0.1, -0.05) is 42.5 Å². The number of guanidine groups is 1. The van der Waals surface area contributed by atoms with Crippen LogP contribution in [0.2, 0.25) is 0 Å². The highest BCUT2D eigenvalue weighted by molar-refractivity contribution is 14.0. The van der Waals surface area contributed by atoms with Gasteiger partial charge in [0.25, 0.3) is 0 Å². The maximum Gasteiger partial charge on any atom is 0.194 e. The van der Waals surface area contributed by atoms with Crippen molar-refractivity contribution in [3.05, 3.63) is 65.7 Å². The predicted molar refractivity (Wildman–Crippen MR) is 120 cm³/mol. The van der Waals surface area contributed by atoms with Crippen molar-refractivity contribution in [3.8, 4) is 0 Å². The molecular formula is C20H26IN3O2S. The van der Waals surface area contributed by atoms with E-state index in [2.05, 4.69) is 39.5 Å². The number of fused-ring (bicyclic) bond motifs is 1. The summed E-state index contributed by atoms with van der Waals surface area (Å²) in [6.45, 7) is 4.70. The Kier molecular flexibility index (Phi) is 8.09. The van der Waals surface area contributed by atoms with Gasteiger partial charge in [0.2, 0.25) is 0 Å². The molecule has 0 amide bonds. The van der Waals surface area contributed by atoms with E-state index in [0.29, 0.717) is 4.90 Å². The zero-order valence-electron chi connectivity index (χ0n) is 15.5. The lowest BCUT2D eigenvalue weighted by Gasteiger charge is -2.31. The van der Waals surface area contributed by atoms with Crippen molar-refractivity contribution in [1.29, 1.82) is 0 Å². The van der Waals surface area contributed by atoms with Crippen molar-refractivity contribution in [2.75, 3.05) is 25.4 Å². The van der Waals surface area contributed by atoms with Gasteiger partial charge in [0.05, 0.1) is 17.2 Å². The van der Waals surface area contributed by atoms with E-state index in [4.69, 9.17) is 0 Å². The van der Waals surface area contributed by atoms with Gasteiger partial charge in [-0.15, -0.1) is 24.0 Å². The molecule has 0 bridgehead atoms. The molecule has 1 aliphatic heterocycles. The molecule has 1 aliphatic rings. The first-order valence-corrected chi connectivity index (χ1v) is 10.6. The lowest BCUT2D eigenvalue weighted by Crippen LogP contribution is -2.44. The summed E-state index contributed by atoms with van der Waals surface area (Å²) in [5, 5.41) is 3.29. The molecule has 2 aromatic carbocycles. The van der Waals surface area contributed by atoms with Crippen molar-refractivity contribution in [3.63, 3.8) is 0 Å². The van der Waals surface area contributed by atoms with Crippen LogP contribution in [-0.4, -0.2) is 44.7 Å². The summed E-state index contributed by atoms with van der Waals surface area (Å²) in [4.78, 5) is 7.12. The van der Waals surface area contributed by atoms with Crippen molar-refractivity contribution in [2.45, 2.75) is 24.8 Å². The highest BCUT2D eigenvalue weighted by Crippen LogP contribution is 2.18. The van der Waals surface area contributed by atoms with Gasteiger partial charge in [0.15, 0.2) is 15.8 Å². The molecule has 1 N–H and O–H groups in total. The predicted octanol–water partition coefficient (Wildman–Crippen LogP) is 3.10. The molecule has 0 aromatic heterocycles. The molecule has 0 aliphatic carbocycles. The van der Waals surface area contributed by atoms with Gasteiger partial charge < -0.3 is 10.2 Å². The van der Waals surface area contributed by atoms with Crippen LogP contribution in [0.15, 0.2) is 64.5 Å². The van der Waals surface area contributed by atoms with Crippen LogP contribution in [0.4, 0.5) is 0 Å². The van der Waals surface area contributed by atoms with Gasteiger partial charge in [-0.25, -0.2) is 8.42 Å². The summed E-state index contributed by atoms with van der Waals surface area (Å²) >= 11 is 0. The zero-order chi connectivity index (χ0) is 18.4. The third-order valence-corrected chi connectivity index (χ3v) is 6.20. The molecule has 0 saturated carbocycles. The molecule has 27 heavy (non-hydrogen) atoms. The van der Waals surface area contributed by atoms with E-state index in [9.17, 15) is 8.42 Å². The third kappa shape index (κ3) is 5.68. The van der Waals surface area contributed by atoms with Crippen molar-refractivity contribution in [1.82, 2.24) is 10.2 Å². The first-order valence-electron chi connectivity index (χ1n) is 8.98. The number of aliphatic imine (C=N–C) groups is 1.